The molecule has 0 saturated heterocycles. The van der Waals surface area contributed by atoms with Crippen LogP contribution in [0.1, 0.15) is 19.4 Å². The first-order chi connectivity index (χ1) is 9.83. The molecule has 1 aromatic rings. The third-order valence-corrected chi connectivity index (χ3v) is 3.63. The first kappa shape index (κ1) is 17.5. The Morgan fingerprint density at radius 3 is 2.62 bits per heavy atom. The smallest absolute Gasteiger partial charge is 0.307 e. The van der Waals surface area contributed by atoms with Crippen LogP contribution in [-0.4, -0.2) is 41.5 Å². The molecule has 0 heterocycles. The molecule has 21 heavy (non-hydrogen) atoms. The molecular formula is C15H21ClN2O3. The van der Waals surface area contributed by atoms with Crippen molar-refractivity contribution in [3.05, 3.63) is 28.8 Å². The lowest BCUT2D eigenvalue weighted by molar-refractivity contribution is -0.142. The van der Waals surface area contributed by atoms with Gasteiger partial charge >= 0.3 is 5.97 Å². The number of carboxylic acid groups (broad SMARTS) is 1. The van der Waals surface area contributed by atoms with E-state index < -0.39 is 11.9 Å². The van der Waals surface area contributed by atoms with Crippen molar-refractivity contribution in [3.63, 3.8) is 0 Å². The number of nitrogens with zero attached hydrogens (tertiary/aromatic N) is 1. The highest BCUT2D eigenvalue weighted by atomic mass is 35.5. The summed E-state index contributed by atoms with van der Waals surface area (Å²) in [5.41, 5.74) is 1.58. The van der Waals surface area contributed by atoms with Crippen molar-refractivity contribution in [1.29, 1.82) is 0 Å². The van der Waals surface area contributed by atoms with Crippen LogP contribution in [0.15, 0.2) is 18.2 Å². The van der Waals surface area contributed by atoms with Crippen molar-refractivity contribution in [1.82, 2.24) is 4.90 Å². The summed E-state index contributed by atoms with van der Waals surface area (Å²) in [6.45, 7) is 6.51. The molecule has 0 aliphatic rings. The highest BCUT2D eigenvalue weighted by molar-refractivity contribution is 6.31. The van der Waals surface area contributed by atoms with E-state index in [0.29, 0.717) is 23.8 Å². The molecule has 2 N–H and O–H groups in total. The summed E-state index contributed by atoms with van der Waals surface area (Å²) in [6, 6.07) is 5.32. The van der Waals surface area contributed by atoms with Crippen LogP contribution in [0.4, 0.5) is 5.69 Å². The number of hydrogen-bond acceptors (Lipinski definition) is 3. The predicted molar refractivity (Wildman–Crippen MR) is 83.7 cm³/mol. The van der Waals surface area contributed by atoms with Crippen molar-refractivity contribution in [3.8, 4) is 0 Å². The van der Waals surface area contributed by atoms with E-state index in [1.807, 2.05) is 19.9 Å². The van der Waals surface area contributed by atoms with E-state index in [9.17, 15) is 9.59 Å². The van der Waals surface area contributed by atoms with E-state index in [2.05, 4.69) is 5.32 Å². The van der Waals surface area contributed by atoms with E-state index in [1.54, 1.807) is 24.0 Å². The van der Waals surface area contributed by atoms with Crippen molar-refractivity contribution in [2.75, 3.05) is 25.0 Å². The Labute approximate surface area is 129 Å². The highest BCUT2D eigenvalue weighted by Gasteiger charge is 2.17. The van der Waals surface area contributed by atoms with Crippen LogP contribution in [0.3, 0.4) is 0 Å². The monoisotopic (exact) mass is 312 g/mol. The molecule has 0 radical (unpaired) electrons. The number of carbonyl (C=O) groups is 2. The van der Waals surface area contributed by atoms with Crippen LogP contribution in [0.25, 0.3) is 0 Å². The number of benzene rings is 1. The summed E-state index contributed by atoms with van der Waals surface area (Å²) in [6.07, 6.45) is 0. The average molecular weight is 313 g/mol. The molecule has 0 aliphatic carbocycles. The molecule has 1 aromatic carbocycles. The summed E-state index contributed by atoms with van der Waals surface area (Å²) in [4.78, 5) is 24.6. The number of carbonyl (C=O) groups excluding carboxylic acids is 1. The Kier molecular flexibility index (Phi) is 6.65. The van der Waals surface area contributed by atoms with E-state index in [4.69, 9.17) is 16.7 Å². The number of carboxylic acids is 1. The Morgan fingerprint density at radius 1 is 1.43 bits per heavy atom. The maximum atomic E-state index is 12.0. The molecule has 0 aromatic heterocycles. The molecule has 1 unspecified atom stereocenters. The van der Waals surface area contributed by atoms with Gasteiger partial charge in [-0.1, -0.05) is 31.5 Å². The molecule has 1 rings (SSSR count). The number of likely N-dealkylation sites (N-methyl/N-ethyl adjacent to an activating group) is 1. The zero-order valence-electron chi connectivity index (χ0n) is 12.5. The third-order valence-electron chi connectivity index (χ3n) is 3.22. The number of hydrogen-bond donors (Lipinski definition) is 2. The third kappa shape index (κ3) is 5.73. The number of amides is 1. The summed E-state index contributed by atoms with van der Waals surface area (Å²) in [5.74, 6) is -1.56. The number of anilines is 1. The molecule has 6 heteroatoms. The second kappa shape index (κ2) is 8.00. The molecule has 116 valence electrons. The zero-order chi connectivity index (χ0) is 16.0. The highest BCUT2D eigenvalue weighted by Crippen LogP contribution is 2.19. The van der Waals surface area contributed by atoms with Gasteiger partial charge in [0.15, 0.2) is 0 Å². The molecule has 0 aliphatic heterocycles. The standard InChI is InChI=1S/C15H21ClN2O3/c1-4-18(8-11(3)15(20)21)9-14(19)17-12-6-5-10(2)13(16)7-12/h5-7,11H,4,8-9H2,1-3H3,(H,17,19)(H,20,21). The van der Waals surface area contributed by atoms with Crippen LogP contribution in [-0.2, 0) is 9.59 Å². The first-order valence-electron chi connectivity index (χ1n) is 6.84. The van der Waals surface area contributed by atoms with Gasteiger partial charge in [0, 0.05) is 17.3 Å². The van der Waals surface area contributed by atoms with Crippen molar-refractivity contribution >= 4 is 29.2 Å². The fourth-order valence-electron chi connectivity index (χ4n) is 1.85. The zero-order valence-corrected chi connectivity index (χ0v) is 13.3. The second-order valence-corrected chi connectivity index (χ2v) is 5.49. The minimum atomic E-state index is -0.862. The van der Waals surface area contributed by atoms with Crippen LogP contribution in [0, 0.1) is 12.8 Å². The summed E-state index contributed by atoms with van der Waals surface area (Å²) in [7, 11) is 0. The van der Waals surface area contributed by atoms with Crippen LogP contribution >= 0.6 is 11.6 Å². The second-order valence-electron chi connectivity index (χ2n) is 5.08. The number of aliphatic carboxylic acids is 1. The average Bonchev–Trinajstić information content (AvgIpc) is 2.41. The quantitative estimate of drug-likeness (QED) is 0.812. The van der Waals surface area contributed by atoms with Crippen LogP contribution < -0.4 is 5.32 Å². The summed E-state index contributed by atoms with van der Waals surface area (Å²) in [5, 5.41) is 12.3. The van der Waals surface area contributed by atoms with Gasteiger partial charge in [-0.15, -0.1) is 0 Å². The number of aryl methyl sites for hydroxylation is 1. The maximum Gasteiger partial charge on any atom is 0.307 e. The van der Waals surface area contributed by atoms with E-state index in [0.717, 1.165) is 5.56 Å². The normalized spacial score (nSPS) is 12.2. The van der Waals surface area contributed by atoms with Crippen molar-refractivity contribution in [2.45, 2.75) is 20.8 Å². The lowest BCUT2D eigenvalue weighted by atomic mass is 10.1. The lowest BCUT2D eigenvalue weighted by Crippen LogP contribution is -2.37. The Balaban J connectivity index is 2.58. The number of rotatable bonds is 7. The van der Waals surface area contributed by atoms with Crippen molar-refractivity contribution < 1.29 is 14.7 Å². The van der Waals surface area contributed by atoms with Gasteiger partial charge in [0.1, 0.15) is 0 Å². The Morgan fingerprint density at radius 2 is 2.10 bits per heavy atom. The fourth-order valence-corrected chi connectivity index (χ4v) is 2.03. The topological polar surface area (TPSA) is 69.6 Å². The number of nitrogens with one attached hydrogen (secondary N) is 1. The predicted octanol–water partition coefficient (Wildman–Crippen LogP) is 2.63. The minimum Gasteiger partial charge on any atom is -0.481 e. The molecular weight excluding hydrogens is 292 g/mol. The summed E-state index contributed by atoms with van der Waals surface area (Å²) >= 11 is 6.01. The fraction of sp³-hybridized carbons (Fsp3) is 0.467. The largest absolute Gasteiger partial charge is 0.481 e. The molecule has 0 bridgehead atoms. The molecule has 0 saturated carbocycles. The minimum absolute atomic E-state index is 0.152. The Hall–Kier alpha value is -1.59. The lowest BCUT2D eigenvalue weighted by Gasteiger charge is -2.21. The Bertz CT molecular complexity index is 520. The van der Waals surface area contributed by atoms with Gasteiger partial charge in [0.2, 0.25) is 5.91 Å². The molecule has 5 nitrogen and oxygen atoms in total. The van der Waals surface area contributed by atoms with E-state index >= 15 is 0 Å². The van der Waals surface area contributed by atoms with Crippen molar-refractivity contribution in [2.24, 2.45) is 5.92 Å². The van der Waals surface area contributed by atoms with Gasteiger partial charge in [-0.3, -0.25) is 14.5 Å². The SMILES string of the molecule is CCN(CC(=O)Nc1ccc(C)c(Cl)c1)CC(C)C(=O)O. The number of halogens is 1. The molecule has 0 spiro atoms. The van der Waals surface area contributed by atoms with Gasteiger partial charge < -0.3 is 10.4 Å². The molecule has 1 atom stereocenters. The summed E-state index contributed by atoms with van der Waals surface area (Å²) < 4.78 is 0. The van der Waals surface area contributed by atoms with E-state index in [1.165, 1.54) is 0 Å². The molecule has 1 amide bonds. The van der Waals surface area contributed by atoms with Gasteiger partial charge in [0.25, 0.3) is 0 Å². The van der Waals surface area contributed by atoms with Gasteiger partial charge in [-0.05, 0) is 31.2 Å². The van der Waals surface area contributed by atoms with Gasteiger partial charge in [-0.2, -0.15) is 0 Å². The molecule has 0 fully saturated rings. The van der Waals surface area contributed by atoms with Crippen LogP contribution in [0.5, 0.6) is 0 Å². The van der Waals surface area contributed by atoms with E-state index in [-0.39, 0.29) is 12.5 Å². The van der Waals surface area contributed by atoms with Crippen LogP contribution in [0.2, 0.25) is 5.02 Å². The van der Waals surface area contributed by atoms with Gasteiger partial charge in [-0.25, -0.2) is 0 Å². The first-order valence-corrected chi connectivity index (χ1v) is 7.22. The van der Waals surface area contributed by atoms with Gasteiger partial charge in [0.05, 0.1) is 12.5 Å². The maximum absolute atomic E-state index is 12.0.